The Labute approximate surface area is 158 Å². The summed E-state index contributed by atoms with van der Waals surface area (Å²) in [6.07, 6.45) is 1.48. The first-order valence-corrected chi connectivity index (χ1v) is 9.81. The molecule has 2 aliphatic rings. The van der Waals surface area contributed by atoms with E-state index < -0.39 is 11.7 Å². The molecule has 2 fully saturated rings. The maximum atomic E-state index is 13.0. The molecule has 0 amide bonds. The number of nitrogens with zero attached hydrogens (tertiary/aromatic N) is 2. The first-order valence-electron chi connectivity index (χ1n) is 9.43. The fourth-order valence-electron chi connectivity index (χ4n) is 4.04. The maximum absolute atomic E-state index is 13.0. The zero-order chi connectivity index (χ0) is 18.7. The molecular formula is C19H27ClF3N3. The molecule has 0 unspecified atom stereocenters. The van der Waals surface area contributed by atoms with Crippen molar-refractivity contribution < 1.29 is 13.2 Å². The molecular weight excluding hydrogens is 363 g/mol. The first kappa shape index (κ1) is 19.8. The highest BCUT2D eigenvalue weighted by atomic mass is 35.5. The van der Waals surface area contributed by atoms with Crippen LogP contribution in [0, 0.1) is 5.92 Å². The maximum Gasteiger partial charge on any atom is 0.417 e. The Balaban J connectivity index is 1.51. The van der Waals surface area contributed by atoms with Crippen LogP contribution in [0.5, 0.6) is 0 Å². The normalized spacial score (nSPS) is 25.5. The lowest BCUT2D eigenvalue weighted by atomic mass is 9.84. The van der Waals surface area contributed by atoms with Crippen molar-refractivity contribution in [1.82, 2.24) is 4.90 Å². The molecule has 26 heavy (non-hydrogen) atoms. The molecule has 1 aromatic carbocycles. The van der Waals surface area contributed by atoms with Crippen molar-refractivity contribution >= 4 is 17.3 Å². The summed E-state index contributed by atoms with van der Waals surface area (Å²) >= 11 is 6.05. The van der Waals surface area contributed by atoms with Gasteiger partial charge in [-0.05, 0) is 56.7 Å². The highest BCUT2D eigenvalue weighted by molar-refractivity contribution is 6.34. The van der Waals surface area contributed by atoms with Gasteiger partial charge < -0.3 is 10.6 Å². The van der Waals surface area contributed by atoms with E-state index in [0.29, 0.717) is 24.8 Å². The number of hydrogen-bond acceptors (Lipinski definition) is 3. The Hall–Kier alpha value is -0.980. The monoisotopic (exact) mass is 389 g/mol. The summed E-state index contributed by atoms with van der Waals surface area (Å²) < 4.78 is 39.1. The summed E-state index contributed by atoms with van der Waals surface area (Å²) in [7, 11) is 0. The molecule has 1 heterocycles. The van der Waals surface area contributed by atoms with Gasteiger partial charge in [0.15, 0.2) is 0 Å². The molecule has 0 atom stereocenters. The van der Waals surface area contributed by atoms with E-state index in [1.165, 1.54) is 25.3 Å². The van der Waals surface area contributed by atoms with Crippen LogP contribution in [-0.4, -0.2) is 43.7 Å². The van der Waals surface area contributed by atoms with E-state index >= 15 is 0 Å². The van der Waals surface area contributed by atoms with E-state index in [2.05, 4.69) is 4.90 Å². The van der Waals surface area contributed by atoms with Crippen LogP contribution in [-0.2, 0) is 6.18 Å². The number of benzene rings is 1. The van der Waals surface area contributed by atoms with Gasteiger partial charge in [0, 0.05) is 32.2 Å². The molecule has 1 aromatic rings. The summed E-state index contributed by atoms with van der Waals surface area (Å²) in [5.74, 6) is 0.769. The van der Waals surface area contributed by atoms with Crippen molar-refractivity contribution in [3.63, 3.8) is 0 Å². The number of piperazine rings is 1. The SMILES string of the molecule is NC1CCC(CCN2CCN(c3cccc(C(F)(F)F)c3Cl)CC2)CC1. The number of nitrogens with two attached hydrogens (primary N) is 1. The molecule has 0 spiro atoms. The molecule has 2 N–H and O–H groups in total. The molecule has 3 nitrogen and oxygen atoms in total. The van der Waals surface area contributed by atoms with Crippen molar-refractivity contribution in [2.75, 3.05) is 37.6 Å². The Morgan fingerprint density at radius 3 is 2.31 bits per heavy atom. The molecule has 0 aromatic heterocycles. The molecule has 1 aliphatic carbocycles. The van der Waals surface area contributed by atoms with Gasteiger partial charge in [-0.25, -0.2) is 0 Å². The number of halogens is 4. The van der Waals surface area contributed by atoms with Gasteiger partial charge in [0.05, 0.1) is 16.3 Å². The average Bonchev–Trinajstić information content (AvgIpc) is 2.61. The van der Waals surface area contributed by atoms with E-state index in [1.54, 1.807) is 6.07 Å². The zero-order valence-corrected chi connectivity index (χ0v) is 15.7. The highest BCUT2D eigenvalue weighted by Gasteiger charge is 2.34. The Morgan fingerprint density at radius 1 is 1.04 bits per heavy atom. The minimum atomic E-state index is -4.42. The predicted molar refractivity (Wildman–Crippen MR) is 99.7 cm³/mol. The van der Waals surface area contributed by atoms with Gasteiger partial charge in [0.25, 0.3) is 0 Å². The van der Waals surface area contributed by atoms with Crippen LogP contribution in [0.4, 0.5) is 18.9 Å². The molecule has 146 valence electrons. The van der Waals surface area contributed by atoms with Crippen molar-refractivity contribution in [1.29, 1.82) is 0 Å². The standard InChI is InChI=1S/C19H27ClF3N3/c20-18-16(19(21,22)23)2-1-3-17(18)26-12-10-25(11-13-26)9-8-14-4-6-15(24)7-5-14/h1-3,14-15H,4-13,24H2. The third-order valence-corrected chi connectivity index (χ3v) is 6.14. The lowest BCUT2D eigenvalue weighted by molar-refractivity contribution is -0.137. The van der Waals surface area contributed by atoms with Crippen LogP contribution in [0.25, 0.3) is 0 Å². The number of rotatable bonds is 4. The predicted octanol–water partition coefficient (Wildman–Crippen LogP) is 4.39. The fourth-order valence-corrected chi connectivity index (χ4v) is 4.39. The second-order valence-electron chi connectivity index (χ2n) is 7.53. The largest absolute Gasteiger partial charge is 0.417 e. The van der Waals surface area contributed by atoms with Crippen LogP contribution in [0.2, 0.25) is 5.02 Å². The van der Waals surface area contributed by atoms with E-state index in [9.17, 15) is 13.2 Å². The molecule has 7 heteroatoms. The average molecular weight is 390 g/mol. The lowest BCUT2D eigenvalue weighted by Crippen LogP contribution is -2.47. The van der Waals surface area contributed by atoms with Crippen LogP contribution in [0.3, 0.4) is 0 Å². The van der Waals surface area contributed by atoms with Crippen molar-refractivity contribution in [2.24, 2.45) is 11.7 Å². The molecule has 1 saturated heterocycles. The van der Waals surface area contributed by atoms with Crippen LogP contribution in [0.1, 0.15) is 37.7 Å². The minimum Gasteiger partial charge on any atom is -0.368 e. The van der Waals surface area contributed by atoms with Gasteiger partial charge in [0.1, 0.15) is 0 Å². The van der Waals surface area contributed by atoms with E-state index in [1.807, 2.05) is 4.90 Å². The van der Waals surface area contributed by atoms with Crippen molar-refractivity contribution in [3.05, 3.63) is 28.8 Å². The van der Waals surface area contributed by atoms with E-state index in [4.69, 9.17) is 17.3 Å². The summed E-state index contributed by atoms with van der Waals surface area (Å²) in [5, 5.41) is -0.188. The summed E-state index contributed by atoms with van der Waals surface area (Å²) in [6, 6.07) is 4.54. The summed E-state index contributed by atoms with van der Waals surface area (Å²) in [5.41, 5.74) is 5.69. The number of alkyl halides is 3. The summed E-state index contributed by atoms with van der Waals surface area (Å²) in [4.78, 5) is 4.38. The molecule has 0 bridgehead atoms. The smallest absolute Gasteiger partial charge is 0.368 e. The second kappa shape index (κ2) is 8.36. The number of anilines is 1. The van der Waals surface area contributed by atoms with Gasteiger partial charge in [-0.3, -0.25) is 4.90 Å². The third kappa shape index (κ3) is 4.84. The minimum absolute atomic E-state index is 0.188. The van der Waals surface area contributed by atoms with Crippen LogP contribution >= 0.6 is 11.6 Å². The summed E-state index contributed by atoms with van der Waals surface area (Å²) in [6.45, 7) is 4.19. The molecule has 1 saturated carbocycles. The van der Waals surface area contributed by atoms with Crippen molar-refractivity contribution in [2.45, 2.75) is 44.3 Å². The topological polar surface area (TPSA) is 32.5 Å². The second-order valence-corrected chi connectivity index (χ2v) is 7.91. The highest BCUT2D eigenvalue weighted by Crippen LogP contribution is 2.39. The zero-order valence-electron chi connectivity index (χ0n) is 14.9. The van der Waals surface area contributed by atoms with E-state index in [-0.39, 0.29) is 5.02 Å². The lowest BCUT2D eigenvalue weighted by Gasteiger charge is -2.37. The molecule has 1 aliphatic heterocycles. The van der Waals surface area contributed by atoms with Gasteiger partial charge in [-0.2, -0.15) is 13.2 Å². The molecule has 3 rings (SSSR count). The Kier molecular flexibility index (Phi) is 6.36. The Bertz CT molecular complexity index is 592. The van der Waals surface area contributed by atoms with E-state index in [0.717, 1.165) is 44.5 Å². The van der Waals surface area contributed by atoms with Gasteiger partial charge >= 0.3 is 6.18 Å². The molecule has 0 radical (unpaired) electrons. The van der Waals surface area contributed by atoms with Crippen LogP contribution in [0.15, 0.2) is 18.2 Å². The third-order valence-electron chi connectivity index (χ3n) is 5.74. The van der Waals surface area contributed by atoms with Gasteiger partial charge in [-0.15, -0.1) is 0 Å². The van der Waals surface area contributed by atoms with Crippen LogP contribution < -0.4 is 10.6 Å². The first-order chi connectivity index (χ1) is 12.3. The Morgan fingerprint density at radius 2 is 1.69 bits per heavy atom. The fraction of sp³-hybridized carbons (Fsp3) is 0.684. The van der Waals surface area contributed by atoms with Crippen molar-refractivity contribution in [3.8, 4) is 0 Å². The number of hydrogen-bond donors (Lipinski definition) is 1. The quantitative estimate of drug-likeness (QED) is 0.829. The van der Waals surface area contributed by atoms with Gasteiger partial charge in [0.2, 0.25) is 0 Å². The van der Waals surface area contributed by atoms with Gasteiger partial charge in [-0.1, -0.05) is 17.7 Å².